The number of esters is 1. The number of aliphatic hydroxyl groups excluding tert-OH is 1. The Kier molecular flexibility index (Phi) is 3.91. The second-order valence-electron chi connectivity index (χ2n) is 9.33. The number of hydrogen-bond donors (Lipinski definition) is 1. The predicted octanol–water partition coefficient (Wildman–Crippen LogP) is 3.42. The van der Waals surface area contributed by atoms with Crippen molar-refractivity contribution in [1.82, 2.24) is 0 Å². The van der Waals surface area contributed by atoms with Gasteiger partial charge in [-0.3, -0.25) is 9.59 Å². The van der Waals surface area contributed by atoms with Crippen molar-refractivity contribution >= 4 is 11.8 Å². The Labute approximate surface area is 150 Å². The van der Waals surface area contributed by atoms with Gasteiger partial charge in [-0.2, -0.15) is 0 Å². The average molecular weight is 346 g/mol. The molecule has 4 heteroatoms. The third-order valence-corrected chi connectivity index (χ3v) is 8.20. The summed E-state index contributed by atoms with van der Waals surface area (Å²) in [6.45, 7) is 6.06. The number of rotatable bonds is 1. The molecular weight excluding hydrogens is 316 g/mol. The largest absolute Gasteiger partial charge is 0.462 e. The van der Waals surface area contributed by atoms with E-state index in [1.54, 1.807) is 6.08 Å². The van der Waals surface area contributed by atoms with Crippen LogP contribution in [0.3, 0.4) is 0 Å². The SMILES string of the molecule is CC(=O)OC1CCC2C3CC(O)C4=CC(=O)CCC4(C)C3CCC12C. The molecule has 0 aliphatic heterocycles. The van der Waals surface area contributed by atoms with Crippen LogP contribution in [0.15, 0.2) is 11.6 Å². The van der Waals surface area contributed by atoms with E-state index in [1.165, 1.54) is 6.92 Å². The second-order valence-corrected chi connectivity index (χ2v) is 9.33. The Hall–Kier alpha value is -1.16. The number of carbonyl (C=O) groups is 2. The lowest BCUT2D eigenvalue weighted by molar-refractivity contribution is -0.158. The molecule has 0 radical (unpaired) electrons. The van der Waals surface area contributed by atoms with Gasteiger partial charge < -0.3 is 9.84 Å². The number of fused-ring (bicyclic) bond motifs is 5. The number of hydrogen-bond acceptors (Lipinski definition) is 4. The zero-order valence-electron chi connectivity index (χ0n) is 15.6. The van der Waals surface area contributed by atoms with Crippen LogP contribution in [-0.2, 0) is 14.3 Å². The van der Waals surface area contributed by atoms with Gasteiger partial charge in [-0.1, -0.05) is 13.8 Å². The molecule has 7 atom stereocenters. The van der Waals surface area contributed by atoms with Gasteiger partial charge in [0.2, 0.25) is 0 Å². The Morgan fingerprint density at radius 1 is 1.20 bits per heavy atom. The summed E-state index contributed by atoms with van der Waals surface area (Å²) in [5.74, 6) is 1.48. The summed E-state index contributed by atoms with van der Waals surface area (Å²) < 4.78 is 5.68. The highest BCUT2D eigenvalue weighted by Crippen LogP contribution is 2.65. The van der Waals surface area contributed by atoms with Crippen LogP contribution in [0.5, 0.6) is 0 Å². The van der Waals surface area contributed by atoms with E-state index in [1.807, 2.05) is 0 Å². The molecule has 7 unspecified atom stereocenters. The molecule has 4 nitrogen and oxygen atoms in total. The van der Waals surface area contributed by atoms with E-state index in [0.717, 1.165) is 44.1 Å². The minimum absolute atomic E-state index is 0.0192. The third-order valence-electron chi connectivity index (χ3n) is 8.20. The van der Waals surface area contributed by atoms with E-state index >= 15 is 0 Å². The van der Waals surface area contributed by atoms with Crippen LogP contribution < -0.4 is 0 Å². The lowest BCUT2D eigenvalue weighted by atomic mass is 9.47. The highest BCUT2D eigenvalue weighted by Gasteiger charge is 2.61. The van der Waals surface area contributed by atoms with Crippen LogP contribution in [0, 0.1) is 28.6 Å². The molecular formula is C21H30O4. The van der Waals surface area contributed by atoms with Gasteiger partial charge in [0.25, 0.3) is 0 Å². The zero-order valence-corrected chi connectivity index (χ0v) is 15.6. The fourth-order valence-electron chi connectivity index (χ4n) is 6.95. The van der Waals surface area contributed by atoms with Gasteiger partial charge in [0.05, 0.1) is 6.10 Å². The molecule has 138 valence electrons. The minimum Gasteiger partial charge on any atom is -0.462 e. The summed E-state index contributed by atoms with van der Waals surface area (Å²) in [5, 5.41) is 10.8. The Morgan fingerprint density at radius 2 is 1.96 bits per heavy atom. The second kappa shape index (κ2) is 5.67. The van der Waals surface area contributed by atoms with Crippen LogP contribution in [0.1, 0.15) is 65.7 Å². The van der Waals surface area contributed by atoms with Crippen molar-refractivity contribution in [2.45, 2.75) is 77.9 Å². The minimum atomic E-state index is -0.495. The summed E-state index contributed by atoms with van der Waals surface area (Å²) in [6, 6.07) is 0. The molecule has 3 saturated carbocycles. The van der Waals surface area contributed by atoms with Crippen molar-refractivity contribution < 1.29 is 19.4 Å². The van der Waals surface area contributed by atoms with Crippen molar-refractivity contribution in [2.24, 2.45) is 28.6 Å². The maximum Gasteiger partial charge on any atom is 0.302 e. The molecule has 4 aliphatic rings. The Bertz CT molecular complexity index is 638. The number of ketones is 1. The average Bonchev–Trinajstić information content (AvgIpc) is 2.86. The molecule has 0 spiro atoms. The smallest absolute Gasteiger partial charge is 0.302 e. The van der Waals surface area contributed by atoms with E-state index in [-0.39, 0.29) is 28.7 Å². The molecule has 0 bridgehead atoms. The number of aliphatic hydroxyl groups is 1. The summed E-state index contributed by atoms with van der Waals surface area (Å²) in [5.41, 5.74) is 0.981. The first-order chi connectivity index (χ1) is 11.8. The summed E-state index contributed by atoms with van der Waals surface area (Å²) in [6.07, 6.45) is 7.69. The van der Waals surface area contributed by atoms with Gasteiger partial charge in [-0.25, -0.2) is 0 Å². The molecule has 0 saturated heterocycles. The van der Waals surface area contributed by atoms with Crippen LogP contribution in [-0.4, -0.2) is 29.1 Å². The van der Waals surface area contributed by atoms with E-state index in [4.69, 9.17) is 4.74 Å². The van der Waals surface area contributed by atoms with E-state index < -0.39 is 6.10 Å². The quantitative estimate of drug-likeness (QED) is 0.739. The molecule has 4 rings (SSSR count). The van der Waals surface area contributed by atoms with Crippen molar-refractivity contribution in [3.8, 4) is 0 Å². The standard InChI is InChI=1S/C21H30O4/c1-12(22)25-19-5-4-15-14-11-18(24)17-10-13(23)6-8-20(17,2)16(14)7-9-21(15,19)3/h10,14-16,18-19,24H,4-9,11H2,1-3H3. The molecule has 0 aromatic carbocycles. The normalized spacial score (nSPS) is 48.9. The van der Waals surface area contributed by atoms with Gasteiger partial charge in [-0.05, 0) is 73.3 Å². The fraction of sp³-hybridized carbons (Fsp3) is 0.810. The first-order valence-electron chi connectivity index (χ1n) is 9.86. The molecule has 0 heterocycles. The van der Waals surface area contributed by atoms with Crippen molar-refractivity contribution in [3.63, 3.8) is 0 Å². The van der Waals surface area contributed by atoms with Gasteiger partial charge in [0, 0.05) is 18.8 Å². The lowest BCUT2D eigenvalue weighted by Gasteiger charge is -2.58. The van der Waals surface area contributed by atoms with E-state index in [2.05, 4.69) is 13.8 Å². The van der Waals surface area contributed by atoms with E-state index in [9.17, 15) is 14.7 Å². The molecule has 0 aromatic rings. The van der Waals surface area contributed by atoms with Crippen LogP contribution in [0.4, 0.5) is 0 Å². The molecule has 0 aromatic heterocycles. The topological polar surface area (TPSA) is 63.6 Å². The Morgan fingerprint density at radius 3 is 2.68 bits per heavy atom. The van der Waals surface area contributed by atoms with Gasteiger partial charge in [0.1, 0.15) is 6.10 Å². The summed E-state index contributed by atoms with van der Waals surface area (Å²) in [4.78, 5) is 23.4. The lowest BCUT2D eigenvalue weighted by Crippen LogP contribution is -2.54. The molecule has 25 heavy (non-hydrogen) atoms. The van der Waals surface area contributed by atoms with Crippen molar-refractivity contribution in [2.75, 3.05) is 0 Å². The fourth-order valence-corrected chi connectivity index (χ4v) is 6.95. The Balaban J connectivity index is 1.66. The van der Waals surface area contributed by atoms with E-state index in [0.29, 0.717) is 24.2 Å². The predicted molar refractivity (Wildman–Crippen MR) is 93.7 cm³/mol. The van der Waals surface area contributed by atoms with Gasteiger partial charge in [0.15, 0.2) is 5.78 Å². The maximum atomic E-state index is 11.9. The van der Waals surface area contributed by atoms with Crippen LogP contribution >= 0.6 is 0 Å². The number of ether oxygens (including phenoxy) is 1. The third kappa shape index (κ3) is 2.43. The van der Waals surface area contributed by atoms with Crippen LogP contribution in [0.2, 0.25) is 0 Å². The monoisotopic (exact) mass is 346 g/mol. The van der Waals surface area contributed by atoms with Crippen molar-refractivity contribution in [3.05, 3.63) is 11.6 Å². The summed E-state index contributed by atoms with van der Waals surface area (Å²) >= 11 is 0. The number of carbonyl (C=O) groups excluding carboxylic acids is 2. The first-order valence-corrected chi connectivity index (χ1v) is 9.86. The van der Waals surface area contributed by atoms with Gasteiger partial charge in [-0.15, -0.1) is 0 Å². The highest BCUT2D eigenvalue weighted by atomic mass is 16.5. The molecule has 3 fully saturated rings. The van der Waals surface area contributed by atoms with Crippen LogP contribution in [0.25, 0.3) is 0 Å². The summed E-state index contributed by atoms with van der Waals surface area (Å²) in [7, 11) is 0. The maximum absolute atomic E-state index is 11.9. The van der Waals surface area contributed by atoms with Crippen molar-refractivity contribution in [1.29, 1.82) is 0 Å². The molecule has 4 aliphatic carbocycles. The van der Waals surface area contributed by atoms with Gasteiger partial charge >= 0.3 is 5.97 Å². The molecule has 0 amide bonds. The molecule has 1 N–H and O–H groups in total. The first kappa shape index (κ1) is 17.3. The highest BCUT2D eigenvalue weighted by molar-refractivity contribution is 5.91. The zero-order chi connectivity index (χ0) is 18.0.